The van der Waals surface area contributed by atoms with E-state index < -0.39 is 23.6 Å². The van der Waals surface area contributed by atoms with Crippen molar-refractivity contribution in [3.8, 4) is 0 Å². The zero-order chi connectivity index (χ0) is 13.5. The van der Waals surface area contributed by atoms with E-state index in [2.05, 4.69) is 5.32 Å². The molecule has 1 aromatic rings. The van der Waals surface area contributed by atoms with Crippen molar-refractivity contribution >= 4 is 17.7 Å². The molecule has 0 aliphatic carbocycles. The molecule has 1 unspecified atom stereocenters. The van der Waals surface area contributed by atoms with Crippen molar-refractivity contribution in [2.24, 2.45) is 0 Å². The molecule has 0 aliphatic rings. The van der Waals surface area contributed by atoms with Crippen molar-refractivity contribution in [1.29, 1.82) is 0 Å². The summed E-state index contributed by atoms with van der Waals surface area (Å²) in [6, 6.07) is 2.69. The molecule has 0 aliphatic heterocycles. The molecule has 1 aromatic carbocycles. The van der Waals surface area contributed by atoms with Gasteiger partial charge in [-0.3, -0.25) is 4.79 Å². The van der Waals surface area contributed by atoms with Crippen molar-refractivity contribution in [3.05, 3.63) is 29.8 Å². The van der Waals surface area contributed by atoms with E-state index in [1.807, 2.05) is 0 Å². The highest BCUT2D eigenvalue weighted by molar-refractivity contribution is 7.99. The number of likely N-dealkylation sites (N-methyl/N-ethyl adjacent to an activating group) is 1. The zero-order valence-corrected chi connectivity index (χ0v) is 11.0. The number of benzene rings is 1. The van der Waals surface area contributed by atoms with Gasteiger partial charge in [-0.1, -0.05) is 0 Å². The third-order valence-electron chi connectivity index (χ3n) is 2.22. The molecule has 6 heteroatoms. The first kappa shape index (κ1) is 14.9. The maximum Gasteiger partial charge on any atom is 0.323 e. The van der Waals surface area contributed by atoms with Gasteiger partial charge < -0.3 is 10.1 Å². The normalized spacial score (nSPS) is 12.2. The molecular weight excluding hydrogens is 260 g/mol. The van der Waals surface area contributed by atoms with Crippen LogP contribution in [0.4, 0.5) is 8.78 Å². The molecule has 0 fully saturated rings. The van der Waals surface area contributed by atoms with Gasteiger partial charge in [0, 0.05) is 10.6 Å². The Labute approximate surface area is 109 Å². The van der Waals surface area contributed by atoms with Gasteiger partial charge in [-0.2, -0.15) is 0 Å². The highest BCUT2D eigenvalue weighted by Crippen LogP contribution is 2.23. The number of hydrogen-bond donors (Lipinski definition) is 1. The van der Waals surface area contributed by atoms with Gasteiger partial charge in [0.05, 0.1) is 6.61 Å². The van der Waals surface area contributed by atoms with Crippen LogP contribution in [-0.2, 0) is 9.53 Å². The average Bonchev–Trinajstić information content (AvgIpc) is 2.34. The minimum Gasteiger partial charge on any atom is -0.465 e. The Morgan fingerprint density at radius 1 is 1.50 bits per heavy atom. The van der Waals surface area contributed by atoms with Crippen LogP contribution in [0.15, 0.2) is 23.1 Å². The summed E-state index contributed by atoms with van der Waals surface area (Å²) >= 11 is 1.07. The maximum atomic E-state index is 13.3. The van der Waals surface area contributed by atoms with E-state index in [9.17, 15) is 13.6 Å². The van der Waals surface area contributed by atoms with Crippen LogP contribution in [0.5, 0.6) is 0 Å². The highest BCUT2D eigenvalue weighted by atomic mass is 32.2. The lowest BCUT2D eigenvalue weighted by Gasteiger charge is -2.14. The van der Waals surface area contributed by atoms with Crippen molar-refractivity contribution in [3.63, 3.8) is 0 Å². The van der Waals surface area contributed by atoms with Gasteiger partial charge in [-0.25, -0.2) is 8.78 Å². The van der Waals surface area contributed by atoms with E-state index >= 15 is 0 Å². The second-order valence-corrected chi connectivity index (χ2v) is 4.54. The lowest BCUT2D eigenvalue weighted by Crippen LogP contribution is -2.37. The third kappa shape index (κ3) is 4.27. The van der Waals surface area contributed by atoms with Gasteiger partial charge in [0.2, 0.25) is 0 Å². The van der Waals surface area contributed by atoms with Gasteiger partial charge in [0.25, 0.3) is 0 Å². The van der Waals surface area contributed by atoms with Gasteiger partial charge in [-0.15, -0.1) is 11.8 Å². The van der Waals surface area contributed by atoms with Crippen molar-refractivity contribution in [1.82, 2.24) is 5.32 Å². The highest BCUT2D eigenvalue weighted by Gasteiger charge is 2.18. The molecule has 0 aromatic heterocycles. The van der Waals surface area contributed by atoms with Gasteiger partial charge in [0.1, 0.15) is 17.7 Å². The fraction of sp³-hybridized carbons (Fsp3) is 0.417. The summed E-state index contributed by atoms with van der Waals surface area (Å²) < 4.78 is 31.1. The Morgan fingerprint density at radius 2 is 2.22 bits per heavy atom. The summed E-state index contributed by atoms with van der Waals surface area (Å²) in [4.78, 5) is 11.7. The number of halogens is 2. The Morgan fingerprint density at radius 3 is 2.83 bits per heavy atom. The topological polar surface area (TPSA) is 38.3 Å². The molecule has 0 heterocycles. The molecule has 1 atom stereocenters. The second kappa shape index (κ2) is 7.33. The summed E-state index contributed by atoms with van der Waals surface area (Å²) in [6.07, 6.45) is 0. The van der Waals surface area contributed by atoms with Crippen molar-refractivity contribution in [2.75, 3.05) is 19.4 Å². The summed E-state index contributed by atoms with van der Waals surface area (Å²) in [5, 5.41) is 2.78. The molecule has 0 radical (unpaired) electrons. The van der Waals surface area contributed by atoms with E-state index in [4.69, 9.17) is 4.74 Å². The first-order chi connectivity index (χ1) is 8.58. The smallest absolute Gasteiger partial charge is 0.323 e. The molecule has 0 spiro atoms. The second-order valence-electron chi connectivity index (χ2n) is 3.48. The van der Waals surface area contributed by atoms with E-state index in [-0.39, 0.29) is 17.3 Å². The third-order valence-corrected chi connectivity index (χ3v) is 3.34. The first-order valence-corrected chi connectivity index (χ1v) is 6.48. The van der Waals surface area contributed by atoms with Crippen LogP contribution in [0.2, 0.25) is 0 Å². The van der Waals surface area contributed by atoms with Gasteiger partial charge >= 0.3 is 5.97 Å². The predicted molar refractivity (Wildman–Crippen MR) is 66.6 cm³/mol. The SMILES string of the molecule is CCOC(=O)C(CSc1cc(F)ccc1F)NC. The molecule has 0 bridgehead atoms. The summed E-state index contributed by atoms with van der Waals surface area (Å²) in [5.74, 6) is -1.13. The maximum absolute atomic E-state index is 13.3. The molecule has 0 saturated heterocycles. The van der Waals surface area contributed by atoms with E-state index in [1.165, 1.54) is 0 Å². The molecule has 100 valence electrons. The number of carbonyl (C=O) groups is 1. The van der Waals surface area contributed by atoms with E-state index in [1.54, 1.807) is 14.0 Å². The van der Waals surface area contributed by atoms with E-state index in [0.717, 1.165) is 30.0 Å². The number of esters is 1. The van der Waals surface area contributed by atoms with Crippen molar-refractivity contribution in [2.45, 2.75) is 17.9 Å². The molecule has 3 nitrogen and oxygen atoms in total. The number of hydrogen-bond acceptors (Lipinski definition) is 4. The molecule has 18 heavy (non-hydrogen) atoms. The minimum absolute atomic E-state index is 0.180. The summed E-state index contributed by atoms with van der Waals surface area (Å²) in [5.41, 5.74) is 0. The quantitative estimate of drug-likeness (QED) is 0.638. The van der Waals surface area contributed by atoms with Crippen LogP contribution in [0, 0.1) is 11.6 Å². The Balaban J connectivity index is 2.62. The van der Waals surface area contributed by atoms with Crippen LogP contribution in [0.1, 0.15) is 6.92 Å². The first-order valence-electron chi connectivity index (χ1n) is 5.50. The van der Waals surface area contributed by atoms with Crippen molar-refractivity contribution < 1.29 is 18.3 Å². The number of rotatable bonds is 6. The molecule has 1 N–H and O–H groups in total. The van der Waals surface area contributed by atoms with Crippen LogP contribution >= 0.6 is 11.8 Å². The molecule has 0 amide bonds. The van der Waals surface area contributed by atoms with Crippen LogP contribution in [0.25, 0.3) is 0 Å². The number of nitrogens with one attached hydrogen (secondary N) is 1. The standard InChI is InChI=1S/C12H15F2NO2S/c1-3-17-12(16)10(15-2)7-18-11-6-8(13)4-5-9(11)14/h4-6,10,15H,3,7H2,1-2H3. The monoisotopic (exact) mass is 275 g/mol. The Hall–Kier alpha value is -1.14. The van der Waals surface area contributed by atoms with Crippen LogP contribution in [0.3, 0.4) is 0 Å². The fourth-order valence-corrected chi connectivity index (χ4v) is 2.32. The number of ether oxygens (including phenoxy) is 1. The predicted octanol–water partition coefficient (Wildman–Crippen LogP) is 2.21. The lowest BCUT2D eigenvalue weighted by atomic mass is 10.3. The molecule has 1 rings (SSSR count). The van der Waals surface area contributed by atoms with E-state index in [0.29, 0.717) is 0 Å². The number of carbonyl (C=O) groups excluding carboxylic acids is 1. The fourth-order valence-electron chi connectivity index (χ4n) is 1.27. The van der Waals surface area contributed by atoms with Crippen LogP contribution < -0.4 is 5.32 Å². The van der Waals surface area contributed by atoms with Gasteiger partial charge in [-0.05, 0) is 32.2 Å². The summed E-state index contributed by atoms with van der Waals surface area (Å²) in [7, 11) is 1.62. The number of thioether (sulfide) groups is 1. The van der Waals surface area contributed by atoms with Crippen LogP contribution in [-0.4, -0.2) is 31.4 Å². The Kier molecular flexibility index (Phi) is 6.07. The largest absolute Gasteiger partial charge is 0.465 e. The zero-order valence-electron chi connectivity index (χ0n) is 10.2. The summed E-state index contributed by atoms with van der Waals surface area (Å²) in [6.45, 7) is 2.00. The van der Waals surface area contributed by atoms with Gasteiger partial charge in [0.15, 0.2) is 0 Å². The lowest BCUT2D eigenvalue weighted by molar-refractivity contribution is -0.144. The molecule has 0 saturated carbocycles. The average molecular weight is 275 g/mol. The minimum atomic E-state index is -0.544. The Bertz CT molecular complexity index is 415. The molecular formula is C12H15F2NO2S.